The van der Waals surface area contributed by atoms with E-state index < -0.39 is 8.32 Å². The number of fused-ring (bicyclic) bond motifs is 1. The molecule has 4 heterocycles. The molecular weight excluding hydrogens is 723 g/mol. The lowest BCUT2D eigenvalue weighted by Crippen LogP contribution is -2.45. The normalized spacial score (nSPS) is 17.0. The summed E-state index contributed by atoms with van der Waals surface area (Å²) in [4.78, 5) is 32.9. The number of nitrogens with zero attached hydrogens (tertiary/aromatic N) is 5. The van der Waals surface area contributed by atoms with Crippen molar-refractivity contribution in [3.63, 3.8) is 0 Å². The van der Waals surface area contributed by atoms with Crippen LogP contribution in [0.4, 0.5) is 5.69 Å². The standard InChI is InChI=1S/C41H52Cl2N6O3Si/c1-25-21-48(22-25)23-36-40(51-7)47-34(20-44-36)30-14-10-12-28(37(30)42)29-13-11-15-32(38(29)43)46-39(50)33-18-26(2)31-19-27(3)49(24-35(31)45-33)16-17-52-53(8,9)41(4,5)6/h10-15,18,20,25,27H,16-17,19,21-24H2,1-9H3,(H,46,50). The Morgan fingerprint density at radius 1 is 1.02 bits per heavy atom. The fourth-order valence-electron chi connectivity index (χ4n) is 6.93. The first-order valence-corrected chi connectivity index (χ1v) is 22.1. The first-order valence-electron chi connectivity index (χ1n) is 18.4. The van der Waals surface area contributed by atoms with Crippen LogP contribution in [0.3, 0.4) is 0 Å². The Morgan fingerprint density at radius 2 is 1.70 bits per heavy atom. The molecule has 1 saturated heterocycles. The van der Waals surface area contributed by atoms with Crippen LogP contribution >= 0.6 is 23.2 Å². The molecule has 0 saturated carbocycles. The van der Waals surface area contributed by atoms with Gasteiger partial charge in [0.25, 0.3) is 5.91 Å². The monoisotopic (exact) mass is 774 g/mol. The van der Waals surface area contributed by atoms with Crippen LogP contribution < -0.4 is 10.1 Å². The fraction of sp³-hybridized carbons (Fsp3) is 0.463. The highest BCUT2D eigenvalue weighted by Crippen LogP contribution is 2.42. The Balaban J connectivity index is 1.19. The van der Waals surface area contributed by atoms with E-state index in [0.29, 0.717) is 81.3 Å². The molecule has 2 aliphatic rings. The topological polar surface area (TPSA) is 92.7 Å². The molecule has 12 heteroatoms. The maximum absolute atomic E-state index is 13.8. The van der Waals surface area contributed by atoms with E-state index in [9.17, 15) is 4.79 Å². The molecule has 1 atom stereocenters. The number of ether oxygens (including phenoxy) is 1. The van der Waals surface area contributed by atoms with Crippen LogP contribution in [0.2, 0.25) is 28.2 Å². The minimum atomic E-state index is -1.84. The van der Waals surface area contributed by atoms with Gasteiger partial charge >= 0.3 is 0 Å². The van der Waals surface area contributed by atoms with E-state index >= 15 is 0 Å². The number of hydrogen-bond acceptors (Lipinski definition) is 8. The van der Waals surface area contributed by atoms with Gasteiger partial charge in [0.15, 0.2) is 8.32 Å². The maximum Gasteiger partial charge on any atom is 0.274 e. The third-order valence-electron chi connectivity index (χ3n) is 11.1. The Labute approximate surface area is 325 Å². The first kappa shape index (κ1) is 39.3. The van der Waals surface area contributed by atoms with Crippen LogP contribution in [-0.4, -0.2) is 78.4 Å². The van der Waals surface area contributed by atoms with E-state index in [4.69, 9.17) is 47.3 Å². The second-order valence-corrected chi connectivity index (χ2v) is 21.7. The van der Waals surface area contributed by atoms with Crippen LogP contribution in [0.15, 0.2) is 48.7 Å². The minimum Gasteiger partial charge on any atom is -0.480 e. The van der Waals surface area contributed by atoms with E-state index in [2.05, 4.69) is 69.8 Å². The van der Waals surface area contributed by atoms with Crippen LogP contribution in [0, 0.1) is 12.8 Å². The lowest BCUT2D eigenvalue weighted by Gasteiger charge is -2.39. The molecule has 9 nitrogen and oxygen atoms in total. The Morgan fingerprint density at radius 3 is 2.38 bits per heavy atom. The summed E-state index contributed by atoms with van der Waals surface area (Å²) in [7, 11) is -0.233. The van der Waals surface area contributed by atoms with Crippen LogP contribution in [0.5, 0.6) is 5.88 Å². The molecule has 2 aromatic heterocycles. The van der Waals surface area contributed by atoms with E-state index in [-0.39, 0.29) is 10.9 Å². The van der Waals surface area contributed by atoms with Gasteiger partial charge in [0.2, 0.25) is 5.88 Å². The molecule has 1 N–H and O–H groups in total. The van der Waals surface area contributed by atoms with Gasteiger partial charge in [-0.1, -0.05) is 81.2 Å². The number of aromatic nitrogens is 3. The molecule has 0 radical (unpaired) electrons. The van der Waals surface area contributed by atoms with Crippen LogP contribution in [-0.2, 0) is 23.9 Å². The Kier molecular flexibility index (Phi) is 11.7. The van der Waals surface area contributed by atoms with Gasteiger partial charge in [-0.3, -0.25) is 19.6 Å². The smallest absolute Gasteiger partial charge is 0.274 e. The highest BCUT2D eigenvalue weighted by molar-refractivity contribution is 6.74. The molecule has 2 aliphatic heterocycles. The summed E-state index contributed by atoms with van der Waals surface area (Å²) >= 11 is 14.1. The summed E-state index contributed by atoms with van der Waals surface area (Å²) in [5, 5.41) is 4.03. The van der Waals surface area contributed by atoms with Gasteiger partial charge < -0.3 is 14.5 Å². The van der Waals surface area contributed by atoms with E-state index in [1.807, 2.05) is 36.4 Å². The van der Waals surface area contributed by atoms with Crippen molar-refractivity contribution < 1.29 is 14.0 Å². The van der Waals surface area contributed by atoms with Crippen molar-refractivity contribution in [2.24, 2.45) is 5.92 Å². The number of carbonyl (C=O) groups excluding carboxylic acids is 1. The van der Waals surface area contributed by atoms with E-state index in [1.165, 1.54) is 5.56 Å². The van der Waals surface area contributed by atoms with Gasteiger partial charge in [-0.25, -0.2) is 9.97 Å². The average molecular weight is 776 g/mol. The molecule has 1 fully saturated rings. The summed E-state index contributed by atoms with van der Waals surface area (Å²) < 4.78 is 12.1. The van der Waals surface area contributed by atoms with E-state index in [1.54, 1.807) is 19.4 Å². The highest BCUT2D eigenvalue weighted by Gasteiger charge is 2.37. The minimum absolute atomic E-state index is 0.162. The van der Waals surface area contributed by atoms with Crippen molar-refractivity contribution >= 4 is 43.1 Å². The maximum atomic E-state index is 13.8. The number of rotatable bonds is 11. The van der Waals surface area contributed by atoms with Gasteiger partial charge in [0.1, 0.15) is 11.4 Å². The van der Waals surface area contributed by atoms with E-state index in [0.717, 1.165) is 43.0 Å². The number of hydrogen-bond donors (Lipinski definition) is 1. The zero-order valence-electron chi connectivity index (χ0n) is 32.4. The number of methoxy groups -OCH3 is 1. The van der Waals surface area contributed by atoms with Crippen molar-refractivity contribution in [2.45, 2.75) is 85.2 Å². The SMILES string of the molecule is COc1nc(-c2cccc(-c3cccc(NC(=O)c4cc(C)c5c(n4)CN(CCO[Si](C)(C)C(C)(C)C)C(C)C5)c3Cl)c2Cl)cnc1CN1CC(C)C1. The number of anilines is 1. The number of carbonyl (C=O) groups is 1. The van der Waals surface area contributed by atoms with Crippen LogP contribution in [0.25, 0.3) is 22.4 Å². The predicted molar refractivity (Wildman–Crippen MR) is 218 cm³/mol. The molecule has 1 amide bonds. The van der Waals surface area contributed by atoms with Gasteiger partial charge in [-0.2, -0.15) is 0 Å². The number of nitrogens with one attached hydrogen (secondary N) is 1. The molecule has 1 unspecified atom stereocenters. The molecular formula is C41H52Cl2N6O3Si. The lowest BCUT2D eigenvalue weighted by atomic mass is 9.94. The number of amides is 1. The third-order valence-corrected chi connectivity index (χ3v) is 16.5. The average Bonchev–Trinajstić information content (AvgIpc) is 3.09. The third kappa shape index (κ3) is 8.48. The van der Waals surface area contributed by atoms with Gasteiger partial charge in [-0.05, 0) is 67.6 Å². The summed E-state index contributed by atoms with van der Waals surface area (Å²) in [5.41, 5.74) is 7.53. The second-order valence-electron chi connectivity index (χ2n) is 16.2. The summed E-state index contributed by atoms with van der Waals surface area (Å²) in [6.07, 6.45) is 2.62. The van der Waals surface area contributed by atoms with Gasteiger partial charge in [0, 0.05) is 62.1 Å². The number of aryl methyl sites for hydroxylation is 1. The number of benzene rings is 2. The quantitative estimate of drug-likeness (QED) is 0.151. The van der Waals surface area contributed by atoms with Crippen molar-refractivity contribution in [2.75, 3.05) is 38.7 Å². The summed E-state index contributed by atoms with van der Waals surface area (Å²) in [6, 6.07) is 13.5. The predicted octanol–water partition coefficient (Wildman–Crippen LogP) is 9.30. The molecule has 4 aromatic rings. The van der Waals surface area contributed by atoms with Gasteiger partial charge in [0.05, 0.1) is 40.4 Å². The summed E-state index contributed by atoms with van der Waals surface area (Å²) in [6.45, 7) is 22.8. The highest BCUT2D eigenvalue weighted by atomic mass is 35.5. The van der Waals surface area contributed by atoms with Crippen molar-refractivity contribution in [1.29, 1.82) is 0 Å². The summed E-state index contributed by atoms with van der Waals surface area (Å²) in [5.74, 6) is 0.851. The Bertz CT molecular complexity index is 2000. The number of halogens is 2. The van der Waals surface area contributed by atoms with Crippen molar-refractivity contribution in [1.82, 2.24) is 24.8 Å². The molecule has 0 bridgehead atoms. The molecule has 2 aromatic carbocycles. The molecule has 0 spiro atoms. The van der Waals surface area contributed by atoms with Crippen molar-refractivity contribution in [3.8, 4) is 28.3 Å². The molecule has 53 heavy (non-hydrogen) atoms. The lowest BCUT2D eigenvalue weighted by molar-refractivity contribution is 0.101. The zero-order valence-corrected chi connectivity index (χ0v) is 35.0. The zero-order chi connectivity index (χ0) is 38.2. The largest absolute Gasteiger partial charge is 0.480 e. The first-order chi connectivity index (χ1) is 25.1. The fourth-order valence-corrected chi connectivity index (χ4v) is 8.56. The molecule has 282 valence electrons. The van der Waals surface area contributed by atoms with Crippen LogP contribution in [0.1, 0.15) is 67.6 Å². The molecule has 0 aliphatic carbocycles. The Hall–Kier alpha value is -3.38. The number of pyridine rings is 1. The number of likely N-dealkylation sites (tertiary alicyclic amines) is 1. The van der Waals surface area contributed by atoms with Crippen molar-refractivity contribution in [3.05, 3.63) is 86.9 Å². The molecule has 6 rings (SSSR count). The second kappa shape index (κ2) is 15.8. The van der Waals surface area contributed by atoms with Gasteiger partial charge in [-0.15, -0.1) is 0 Å².